The number of ether oxygens (including phenoxy) is 1. The van der Waals surface area contributed by atoms with Crippen LogP contribution in [-0.4, -0.2) is 0 Å². The van der Waals surface area contributed by atoms with Crippen molar-refractivity contribution < 1.29 is 9.13 Å². The van der Waals surface area contributed by atoms with Crippen LogP contribution in [-0.2, 0) is 5.88 Å². The van der Waals surface area contributed by atoms with Gasteiger partial charge in [-0.25, -0.2) is 4.39 Å². The minimum atomic E-state index is -0.364. The summed E-state index contributed by atoms with van der Waals surface area (Å²) in [6, 6.07) is 9.92. The molecule has 0 aliphatic carbocycles. The van der Waals surface area contributed by atoms with Gasteiger partial charge in [-0.05, 0) is 51.8 Å². The molecule has 0 fully saturated rings. The number of rotatable bonds is 3. The lowest BCUT2D eigenvalue weighted by Crippen LogP contribution is -1.89. The molecule has 0 heterocycles. The van der Waals surface area contributed by atoms with Crippen molar-refractivity contribution in [3.8, 4) is 11.5 Å². The molecule has 94 valence electrons. The Morgan fingerprint density at radius 3 is 2.56 bits per heavy atom. The van der Waals surface area contributed by atoms with Crippen LogP contribution < -0.4 is 4.74 Å². The zero-order chi connectivity index (χ0) is 13.1. The molecule has 2 rings (SSSR count). The van der Waals surface area contributed by atoms with Gasteiger partial charge in [0.15, 0.2) is 0 Å². The average molecular weight is 394 g/mol. The van der Waals surface area contributed by atoms with Gasteiger partial charge < -0.3 is 4.74 Å². The number of hydrogen-bond donors (Lipinski definition) is 0. The van der Waals surface area contributed by atoms with Crippen molar-refractivity contribution in [3.05, 3.63) is 56.7 Å². The molecule has 5 heteroatoms. The third kappa shape index (κ3) is 3.46. The molecular weight excluding hydrogens is 386 g/mol. The van der Waals surface area contributed by atoms with Gasteiger partial charge in [-0.1, -0.05) is 15.9 Å². The quantitative estimate of drug-likeness (QED) is 0.591. The van der Waals surface area contributed by atoms with Gasteiger partial charge in [0.05, 0.1) is 4.47 Å². The molecule has 0 saturated carbocycles. The first kappa shape index (κ1) is 13.8. The summed E-state index contributed by atoms with van der Waals surface area (Å²) in [6.45, 7) is 0. The fourth-order valence-electron chi connectivity index (χ4n) is 1.44. The highest BCUT2D eigenvalue weighted by atomic mass is 79.9. The third-order valence-corrected chi connectivity index (χ3v) is 3.63. The molecule has 0 atom stereocenters. The van der Waals surface area contributed by atoms with E-state index in [-0.39, 0.29) is 11.7 Å². The molecule has 0 aliphatic heterocycles. The van der Waals surface area contributed by atoms with Gasteiger partial charge >= 0.3 is 0 Å². The minimum Gasteiger partial charge on any atom is -0.456 e. The maximum Gasteiger partial charge on any atom is 0.141 e. The molecule has 0 radical (unpaired) electrons. The van der Waals surface area contributed by atoms with E-state index in [4.69, 9.17) is 16.3 Å². The number of alkyl halides is 1. The van der Waals surface area contributed by atoms with Crippen molar-refractivity contribution in [3.63, 3.8) is 0 Å². The molecule has 0 saturated heterocycles. The molecule has 0 amide bonds. The first-order valence-corrected chi connectivity index (χ1v) is 7.19. The zero-order valence-corrected chi connectivity index (χ0v) is 13.0. The van der Waals surface area contributed by atoms with Gasteiger partial charge in [0.2, 0.25) is 0 Å². The Balaban J connectivity index is 2.30. The highest BCUT2D eigenvalue weighted by Gasteiger charge is 2.06. The van der Waals surface area contributed by atoms with E-state index in [0.717, 1.165) is 8.95 Å². The summed E-state index contributed by atoms with van der Waals surface area (Å²) in [5.41, 5.74) is 0.680. The molecule has 0 aliphatic rings. The maximum absolute atomic E-state index is 13.3. The molecule has 0 spiro atoms. The van der Waals surface area contributed by atoms with Gasteiger partial charge in [0, 0.05) is 16.4 Å². The second-order valence-electron chi connectivity index (χ2n) is 3.61. The van der Waals surface area contributed by atoms with Crippen LogP contribution in [0.1, 0.15) is 5.56 Å². The van der Waals surface area contributed by atoms with Crippen molar-refractivity contribution in [1.82, 2.24) is 0 Å². The minimum absolute atomic E-state index is 0.246. The molecule has 1 nitrogen and oxygen atoms in total. The van der Waals surface area contributed by atoms with E-state index in [1.165, 1.54) is 12.1 Å². The molecule has 0 unspecified atom stereocenters. The van der Waals surface area contributed by atoms with E-state index >= 15 is 0 Å². The number of halogens is 4. The SMILES string of the molecule is Fc1cc(CCl)cc(Oc2ccc(Br)cc2Br)c1. The Bertz CT molecular complexity index is 575. The maximum atomic E-state index is 13.3. The van der Waals surface area contributed by atoms with E-state index in [0.29, 0.717) is 17.1 Å². The standard InChI is InChI=1S/C13H8Br2ClFO/c14-9-1-2-13(12(15)5-9)18-11-4-8(7-16)3-10(17)6-11/h1-6H,7H2. The Morgan fingerprint density at radius 1 is 1.11 bits per heavy atom. The Kier molecular flexibility index (Phi) is 4.65. The lowest BCUT2D eigenvalue weighted by molar-refractivity contribution is 0.473. The summed E-state index contributed by atoms with van der Waals surface area (Å²) in [6.07, 6.45) is 0. The van der Waals surface area contributed by atoms with Crippen molar-refractivity contribution >= 4 is 43.5 Å². The Morgan fingerprint density at radius 2 is 1.89 bits per heavy atom. The third-order valence-electron chi connectivity index (χ3n) is 2.21. The van der Waals surface area contributed by atoms with Crippen LogP contribution in [0.5, 0.6) is 11.5 Å². The molecule has 0 aromatic heterocycles. The largest absolute Gasteiger partial charge is 0.456 e. The van der Waals surface area contributed by atoms with Gasteiger partial charge in [0.25, 0.3) is 0 Å². The summed E-state index contributed by atoms with van der Waals surface area (Å²) >= 11 is 12.4. The Hall–Kier alpha value is -0.580. The van der Waals surface area contributed by atoms with Crippen molar-refractivity contribution in [1.29, 1.82) is 0 Å². The van der Waals surface area contributed by atoms with E-state index in [1.807, 2.05) is 12.1 Å². The van der Waals surface area contributed by atoms with Gasteiger partial charge in [-0.15, -0.1) is 11.6 Å². The monoisotopic (exact) mass is 392 g/mol. The predicted octanol–water partition coefficient (Wildman–Crippen LogP) is 5.88. The van der Waals surface area contributed by atoms with E-state index < -0.39 is 0 Å². The zero-order valence-electron chi connectivity index (χ0n) is 9.09. The lowest BCUT2D eigenvalue weighted by atomic mass is 10.2. The van der Waals surface area contributed by atoms with Crippen molar-refractivity contribution in [2.24, 2.45) is 0 Å². The van der Waals surface area contributed by atoms with E-state index in [2.05, 4.69) is 31.9 Å². The lowest BCUT2D eigenvalue weighted by Gasteiger charge is -2.09. The van der Waals surface area contributed by atoms with E-state index in [9.17, 15) is 4.39 Å². The second kappa shape index (κ2) is 6.04. The highest BCUT2D eigenvalue weighted by Crippen LogP contribution is 2.32. The predicted molar refractivity (Wildman–Crippen MR) is 77.9 cm³/mol. The van der Waals surface area contributed by atoms with Gasteiger partial charge in [-0.2, -0.15) is 0 Å². The summed E-state index contributed by atoms with van der Waals surface area (Å²) in [5.74, 6) is 0.921. The number of hydrogen-bond acceptors (Lipinski definition) is 1. The summed E-state index contributed by atoms with van der Waals surface area (Å²) in [4.78, 5) is 0. The Labute approximate surface area is 126 Å². The fraction of sp³-hybridized carbons (Fsp3) is 0.0769. The molecule has 18 heavy (non-hydrogen) atoms. The van der Waals surface area contributed by atoms with Crippen LogP contribution in [0.2, 0.25) is 0 Å². The molecule has 0 N–H and O–H groups in total. The highest BCUT2D eigenvalue weighted by molar-refractivity contribution is 9.11. The summed E-state index contributed by atoms with van der Waals surface area (Å²) in [7, 11) is 0. The van der Waals surface area contributed by atoms with E-state index in [1.54, 1.807) is 12.1 Å². The second-order valence-corrected chi connectivity index (χ2v) is 5.64. The van der Waals surface area contributed by atoms with Crippen LogP contribution in [0, 0.1) is 5.82 Å². The van der Waals surface area contributed by atoms with Crippen molar-refractivity contribution in [2.75, 3.05) is 0 Å². The average Bonchev–Trinajstić information content (AvgIpc) is 2.32. The molecule has 2 aromatic rings. The van der Waals surface area contributed by atoms with Crippen LogP contribution in [0.15, 0.2) is 45.3 Å². The first-order chi connectivity index (χ1) is 8.58. The van der Waals surface area contributed by atoms with Crippen LogP contribution in [0.3, 0.4) is 0 Å². The fourth-order valence-corrected chi connectivity index (χ4v) is 2.72. The normalized spacial score (nSPS) is 10.4. The first-order valence-electron chi connectivity index (χ1n) is 5.07. The smallest absolute Gasteiger partial charge is 0.141 e. The molecular formula is C13H8Br2ClFO. The topological polar surface area (TPSA) is 9.23 Å². The summed E-state index contributed by atoms with van der Waals surface area (Å²) < 4.78 is 20.7. The van der Waals surface area contributed by atoms with Gasteiger partial charge in [-0.3, -0.25) is 0 Å². The van der Waals surface area contributed by atoms with Crippen LogP contribution in [0.4, 0.5) is 4.39 Å². The molecule has 2 aromatic carbocycles. The van der Waals surface area contributed by atoms with Gasteiger partial charge in [0.1, 0.15) is 17.3 Å². The van der Waals surface area contributed by atoms with Crippen molar-refractivity contribution in [2.45, 2.75) is 5.88 Å². The van der Waals surface area contributed by atoms with Crippen LogP contribution >= 0.6 is 43.5 Å². The number of benzene rings is 2. The van der Waals surface area contributed by atoms with Crippen LogP contribution in [0.25, 0.3) is 0 Å². The molecule has 0 bridgehead atoms. The summed E-state index contributed by atoms with van der Waals surface area (Å²) in [5, 5.41) is 0.